The van der Waals surface area contributed by atoms with Crippen LogP contribution in [0.1, 0.15) is 11.1 Å². The van der Waals surface area contributed by atoms with Crippen LogP contribution in [-0.4, -0.2) is 26.4 Å². The van der Waals surface area contributed by atoms with Gasteiger partial charge in [-0.1, -0.05) is 24.3 Å². The van der Waals surface area contributed by atoms with Gasteiger partial charge in [0.1, 0.15) is 24.7 Å². The van der Waals surface area contributed by atoms with E-state index in [0.29, 0.717) is 26.4 Å². The molecule has 0 unspecified atom stereocenters. The minimum atomic E-state index is 0.553. The first-order chi connectivity index (χ1) is 10.3. The molecule has 3 nitrogen and oxygen atoms in total. The van der Waals surface area contributed by atoms with Crippen molar-refractivity contribution in [2.75, 3.05) is 26.4 Å². The lowest BCUT2D eigenvalue weighted by Gasteiger charge is -2.18. The highest BCUT2D eigenvalue weighted by Crippen LogP contribution is 2.41. The number of hydrogen-bond acceptors (Lipinski definition) is 3. The molecule has 1 aliphatic heterocycles. The molecular weight excluding hydrogens is 264 g/mol. The fourth-order valence-corrected chi connectivity index (χ4v) is 2.69. The summed E-state index contributed by atoms with van der Waals surface area (Å²) in [4.78, 5) is 0. The Balaban J connectivity index is 2.20. The molecule has 21 heavy (non-hydrogen) atoms. The smallest absolute Gasteiger partial charge is 0.127 e. The van der Waals surface area contributed by atoms with E-state index < -0.39 is 0 Å². The van der Waals surface area contributed by atoms with Crippen LogP contribution in [-0.2, 0) is 4.74 Å². The van der Waals surface area contributed by atoms with Crippen LogP contribution in [0.4, 0.5) is 0 Å². The Bertz CT molecular complexity index is 579. The number of fused-ring (bicyclic) bond motifs is 3. The lowest BCUT2D eigenvalue weighted by Crippen LogP contribution is -2.11. The first-order valence-electron chi connectivity index (χ1n) is 7.30. The molecule has 2 aromatic rings. The molecule has 1 aliphatic rings. The van der Waals surface area contributed by atoms with E-state index in [2.05, 4.69) is 26.0 Å². The molecule has 2 aromatic carbocycles. The first kappa shape index (κ1) is 14.0. The zero-order chi connectivity index (χ0) is 14.7. The summed E-state index contributed by atoms with van der Waals surface area (Å²) in [5, 5.41) is 0. The standard InChI is InChI=1S/C18H20O3/c1-13-5-3-7-15-17(13)18-14(2)6-4-8-16(18)21-12-10-19-9-11-20-15/h3-8H,9-12H2,1-2H3. The molecule has 0 saturated carbocycles. The minimum absolute atomic E-state index is 0.553. The fourth-order valence-electron chi connectivity index (χ4n) is 2.69. The average molecular weight is 284 g/mol. The summed E-state index contributed by atoms with van der Waals surface area (Å²) in [7, 11) is 0. The Morgan fingerprint density at radius 1 is 0.667 bits per heavy atom. The highest BCUT2D eigenvalue weighted by atomic mass is 16.5. The van der Waals surface area contributed by atoms with Crippen molar-refractivity contribution in [3.63, 3.8) is 0 Å². The van der Waals surface area contributed by atoms with Gasteiger partial charge in [0.2, 0.25) is 0 Å². The topological polar surface area (TPSA) is 27.7 Å². The van der Waals surface area contributed by atoms with Crippen molar-refractivity contribution in [1.29, 1.82) is 0 Å². The van der Waals surface area contributed by atoms with E-state index in [4.69, 9.17) is 14.2 Å². The van der Waals surface area contributed by atoms with Gasteiger partial charge in [-0.05, 0) is 37.1 Å². The third-order valence-corrected chi connectivity index (χ3v) is 3.69. The van der Waals surface area contributed by atoms with Crippen LogP contribution in [0, 0.1) is 13.8 Å². The second-order valence-corrected chi connectivity index (χ2v) is 5.21. The Hall–Kier alpha value is -2.00. The normalized spacial score (nSPS) is 15.0. The summed E-state index contributed by atoms with van der Waals surface area (Å²) in [6.07, 6.45) is 0. The predicted octanol–water partition coefficient (Wildman–Crippen LogP) is 3.76. The van der Waals surface area contributed by atoms with Gasteiger partial charge in [0.15, 0.2) is 0 Å². The number of benzene rings is 2. The number of rotatable bonds is 0. The van der Waals surface area contributed by atoms with E-state index in [0.717, 1.165) is 22.6 Å². The largest absolute Gasteiger partial charge is 0.491 e. The molecular formula is C18H20O3. The molecule has 0 aliphatic carbocycles. The molecule has 0 aromatic heterocycles. The first-order valence-corrected chi connectivity index (χ1v) is 7.30. The van der Waals surface area contributed by atoms with E-state index in [1.807, 2.05) is 24.3 Å². The molecule has 0 N–H and O–H groups in total. The average Bonchev–Trinajstić information content (AvgIpc) is 2.51. The summed E-state index contributed by atoms with van der Waals surface area (Å²) in [6, 6.07) is 12.3. The minimum Gasteiger partial charge on any atom is -0.491 e. The van der Waals surface area contributed by atoms with Gasteiger partial charge in [-0.15, -0.1) is 0 Å². The van der Waals surface area contributed by atoms with Crippen molar-refractivity contribution < 1.29 is 14.2 Å². The van der Waals surface area contributed by atoms with Crippen LogP contribution in [0.25, 0.3) is 11.1 Å². The highest BCUT2D eigenvalue weighted by Gasteiger charge is 2.17. The van der Waals surface area contributed by atoms with E-state index in [9.17, 15) is 0 Å². The fraction of sp³-hybridized carbons (Fsp3) is 0.333. The Morgan fingerprint density at radius 3 is 1.62 bits per heavy atom. The number of aryl methyl sites for hydroxylation is 2. The van der Waals surface area contributed by atoms with Crippen molar-refractivity contribution in [2.24, 2.45) is 0 Å². The number of hydrogen-bond donors (Lipinski definition) is 0. The van der Waals surface area contributed by atoms with Gasteiger partial charge >= 0.3 is 0 Å². The van der Waals surface area contributed by atoms with Crippen molar-refractivity contribution in [1.82, 2.24) is 0 Å². The van der Waals surface area contributed by atoms with Crippen LogP contribution >= 0.6 is 0 Å². The van der Waals surface area contributed by atoms with Gasteiger partial charge in [-0.3, -0.25) is 0 Å². The van der Waals surface area contributed by atoms with Crippen LogP contribution in [0.2, 0.25) is 0 Å². The Labute approximate surface area is 125 Å². The molecule has 3 heteroatoms. The van der Waals surface area contributed by atoms with Crippen molar-refractivity contribution in [3.05, 3.63) is 47.5 Å². The van der Waals surface area contributed by atoms with E-state index >= 15 is 0 Å². The van der Waals surface area contributed by atoms with Gasteiger partial charge in [0.25, 0.3) is 0 Å². The van der Waals surface area contributed by atoms with Crippen molar-refractivity contribution >= 4 is 0 Å². The third-order valence-electron chi connectivity index (χ3n) is 3.69. The summed E-state index contributed by atoms with van der Waals surface area (Å²) in [6.45, 7) is 6.47. The predicted molar refractivity (Wildman–Crippen MR) is 83.2 cm³/mol. The molecule has 0 spiro atoms. The third kappa shape index (κ3) is 2.88. The lowest BCUT2D eigenvalue weighted by molar-refractivity contribution is 0.0775. The molecule has 110 valence electrons. The second-order valence-electron chi connectivity index (χ2n) is 5.21. The van der Waals surface area contributed by atoms with Gasteiger partial charge in [0.05, 0.1) is 13.2 Å². The van der Waals surface area contributed by atoms with E-state index in [1.54, 1.807) is 0 Å². The Morgan fingerprint density at radius 2 is 1.14 bits per heavy atom. The maximum atomic E-state index is 5.93. The van der Waals surface area contributed by atoms with Crippen molar-refractivity contribution in [2.45, 2.75) is 13.8 Å². The van der Waals surface area contributed by atoms with Crippen LogP contribution in [0.15, 0.2) is 36.4 Å². The molecule has 0 saturated heterocycles. The molecule has 1 heterocycles. The summed E-state index contributed by atoms with van der Waals surface area (Å²) < 4.78 is 17.4. The highest BCUT2D eigenvalue weighted by molar-refractivity contribution is 5.81. The van der Waals surface area contributed by atoms with Gasteiger partial charge < -0.3 is 14.2 Å². The lowest BCUT2D eigenvalue weighted by atomic mass is 9.94. The summed E-state index contributed by atoms with van der Waals surface area (Å²) in [5.41, 5.74) is 4.61. The van der Waals surface area contributed by atoms with Gasteiger partial charge in [0, 0.05) is 11.1 Å². The van der Waals surface area contributed by atoms with Gasteiger partial charge in [-0.25, -0.2) is 0 Å². The van der Waals surface area contributed by atoms with Crippen LogP contribution in [0.3, 0.4) is 0 Å². The van der Waals surface area contributed by atoms with Crippen molar-refractivity contribution in [3.8, 4) is 22.6 Å². The van der Waals surface area contributed by atoms with Gasteiger partial charge in [-0.2, -0.15) is 0 Å². The maximum absolute atomic E-state index is 5.93. The molecule has 0 bridgehead atoms. The molecule has 0 atom stereocenters. The van der Waals surface area contributed by atoms with E-state index in [-0.39, 0.29) is 0 Å². The van der Waals surface area contributed by atoms with E-state index in [1.165, 1.54) is 11.1 Å². The molecule has 3 rings (SSSR count). The van der Waals surface area contributed by atoms with Crippen LogP contribution < -0.4 is 9.47 Å². The molecule has 0 radical (unpaired) electrons. The summed E-state index contributed by atoms with van der Waals surface area (Å²) >= 11 is 0. The summed E-state index contributed by atoms with van der Waals surface area (Å²) in [5.74, 6) is 1.78. The number of ether oxygens (including phenoxy) is 3. The second kappa shape index (κ2) is 6.19. The zero-order valence-corrected chi connectivity index (χ0v) is 12.5. The SMILES string of the molecule is Cc1cccc2c1-c1c(C)cccc1OCCOCCO2. The maximum Gasteiger partial charge on any atom is 0.127 e. The zero-order valence-electron chi connectivity index (χ0n) is 12.5. The molecule has 0 fully saturated rings. The monoisotopic (exact) mass is 284 g/mol. The molecule has 0 amide bonds. The quantitative estimate of drug-likeness (QED) is 0.737. The Kier molecular flexibility index (Phi) is 4.11. The van der Waals surface area contributed by atoms with Crippen LogP contribution in [0.5, 0.6) is 11.5 Å².